The standard InChI is InChI=1S/C31H25Cl2IN2O5S/c1-4-40-30(38)26-17(2)35-31-36(27(26)22-10-5-6-11-23(22)33)29(37)25(42-31)14-19-13-21(34)15-24(39-3)28(19)41-16-18-8-7-9-20(32)12-18/h5-15,27H,4,16H2,1-3H3/b25-14-/t27-/m1/s1. The first-order valence-corrected chi connectivity index (χ1v) is 15.6. The summed E-state index contributed by atoms with van der Waals surface area (Å²) in [4.78, 5) is 32.3. The number of carbonyl (C=O) groups excluding carboxylic acids is 1. The van der Waals surface area contributed by atoms with Crippen LogP contribution in [0.1, 0.15) is 36.6 Å². The normalized spacial score (nSPS) is 14.8. The van der Waals surface area contributed by atoms with E-state index in [0.717, 1.165) is 9.13 Å². The Bertz CT molecular complexity index is 1900. The lowest BCUT2D eigenvalue weighted by Crippen LogP contribution is -2.40. The summed E-state index contributed by atoms with van der Waals surface area (Å²) >= 11 is 16.2. The van der Waals surface area contributed by atoms with E-state index < -0.39 is 12.0 Å². The molecule has 0 aliphatic carbocycles. The molecule has 0 bridgehead atoms. The van der Waals surface area contributed by atoms with Gasteiger partial charge in [0.25, 0.3) is 5.56 Å². The summed E-state index contributed by atoms with van der Waals surface area (Å²) in [6, 6.07) is 17.5. The average Bonchev–Trinajstić information content (AvgIpc) is 3.25. The van der Waals surface area contributed by atoms with E-state index in [1.807, 2.05) is 36.4 Å². The van der Waals surface area contributed by atoms with Gasteiger partial charge < -0.3 is 14.2 Å². The van der Waals surface area contributed by atoms with Crippen molar-refractivity contribution in [3.8, 4) is 11.5 Å². The number of aromatic nitrogens is 1. The van der Waals surface area contributed by atoms with Crippen LogP contribution in [0, 0.1) is 3.57 Å². The van der Waals surface area contributed by atoms with Crippen LogP contribution in [-0.4, -0.2) is 24.3 Å². The molecule has 11 heteroatoms. The largest absolute Gasteiger partial charge is 0.493 e. The maximum atomic E-state index is 14.1. The molecular weight excluding hydrogens is 710 g/mol. The van der Waals surface area contributed by atoms with E-state index in [0.29, 0.717) is 47.7 Å². The van der Waals surface area contributed by atoms with E-state index in [2.05, 4.69) is 27.6 Å². The van der Waals surface area contributed by atoms with Gasteiger partial charge in [0, 0.05) is 19.2 Å². The van der Waals surface area contributed by atoms with Gasteiger partial charge in [-0.25, -0.2) is 9.79 Å². The minimum atomic E-state index is -0.805. The Kier molecular flexibility index (Phi) is 9.41. The van der Waals surface area contributed by atoms with E-state index >= 15 is 0 Å². The molecule has 0 spiro atoms. The molecule has 216 valence electrons. The molecule has 4 aromatic rings. The number of thiazole rings is 1. The highest BCUT2D eigenvalue weighted by atomic mass is 127. The molecule has 1 aliphatic rings. The van der Waals surface area contributed by atoms with Crippen LogP contribution in [0.4, 0.5) is 0 Å². The van der Waals surface area contributed by atoms with E-state index in [1.54, 1.807) is 51.3 Å². The van der Waals surface area contributed by atoms with Gasteiger partial charge in [0.2, 0.25) is 0 Å². The maximum absolute atomic E-state index is 14.1. The highest BCUT2D eigenvalue weighted by Crippen LogP contribution is 2.36. The third-order valence-corrected chi connectivity index (χ3v) is 8.73. The average molecular weight is 735 g/mol. The number of halogens is 3. The number of hydrogen-bond donors (Lipinski definition) is 0. The third-order valence-electron chi connectivity index (χ3n) is 6.54. The highest BCUT2D eigenvalue weighted by Gasteiger charge is 2.34. The van der Waals surface area contributed by atoms with Crippen molar-refractivity contribution in [3.05, 3.63) is 122 Å². The molecule has 7 nitrogen and oxygen atoms in total. The second-order valence-electron chi connectivity index (χ2n) is 9.27. The quantitative estimate of drug-likeness (QED) is 0.157. The third kappa shape index (κ3) is 6.15. The number of benzene rings is 3. The molecular formula is C31H25Cl2IN2O5S. The predicted octanol–water partition coefficient (Wildman–Crippen LogP) is 6.30. The summed E-state index contributed by atoms with van der Waals surface area (Å²) < 4.78 is 20.1. The van der Waals surface area contributed by atoms with Crippen molar-refractivity contribution >= 4 is 69.2 Å². The lowest BCUT2D eigenvalue weighted by molar-refractivity contribution is -0.139. The van der Waals surface area contributed by atoms with Gasteiger partial charge in [-0.15, -0.1) is 0 Å². The minimum absolute atomic E-state index is 0.182. The van der Waals surface area contributed by atoms with Gasteiger partial charge in [0.15, 0.2) is 16.3 Å². The summed E-state index contributed by atoms with van der Waals surface area (Å²) in [5.41, 5.74) is 2.55. The number of hydrogen-bond acceptors (Lipinski definition) is 7. The molecule has 0 fully saturated rings. The Hall–Kier alpha value is -3.12. The number of esters is 1. The number of carbonyl (C=O) groups is 1. The van der Waals surface area contributed by atoms with Crippen LogP contribution < -0.4 is 24.4 Å². The van der Waals surface area contributed by atoms with Gasteiger partial charge in [-0.05, 0) is 84.0 Å². The van der Waals surface area contributed by atoms with Crippen molar-refractivity contribution in [2.45, 2.75) is 26.5 Å². The van der Waals surface area contributed by atoms with Crippen LogP contribution in [-0.2, 0) is 16.1 Å². The Morgan fingerprint density at radius 3 is 2.64 bits per heavy atom. The molecule has 0 unspecified atom stereocenters. The van der Waals surface area contributed by atoms with Gasteiger partial charge >= 0.3 is 5.97 Å². The molecule has 0 radical (unpaired) electrons. The lowest BCUT2D eigenvalue weighted by atomic mass is 9.96. The minimum Gasteiger partial charge on any atom is -0.493 e. The number of nitrogens with zero attached hydrogens (tertiary/aromatic N) is 2. The van der Waals surface area contributed by atoms with Gasteiger partial charge in [-0.1, -0.05) is 64.9 Å². The van der Waals surface area contributed by atoms with Crippen molar-refractivity contribution < 1.29 is 19.0 Å². The molecule has 0 N–H and O–H groups in total. The van der Waals surface area contributed by atoms with Crippen molar-refractivity contribution in [1.29, 1.82) is 0 Å². The molecule has 1 atom stereocenters. The molecule has 1 aromatic heterocycles. The van der Waals surface area contributed by atoms with Crippen molar-refractivity contribution in [3.63, 3.8) is 0 Å². The van der Waals surface area contributed by atoms with Crippen LogP contribution in [0.15, 0.2) is 81.7 Å². The van der Waals surface area contributed by atoms with E-state index in [9.17, 15) is 9.59 Å². The van der Waals surface area contributed by atoms with E-state index in [4.69, 9.17) is 37.4 Å². The van der Waals surface area contributed by atoms with Gasteiger partial charge in [-0.3, -0.25) is 9.36 Å². The first-order valence-electron chi connectivity index (χ1n) is 12.9. The summed E-state index contributed by atoms with van der Waals surface area (Å²) in [7, 11) is 1.57. The number of allylic oxidation sites excluding steroid dienone is 1. The fraction of sp³-hybridized carbons (Fsp3) is 0.194. The molecule has 1 aliphatic heterocycles. The molecule has 3 aromatic carbocycles. The van der Waals surface area contributed by atoms with Gasteiger partial charge in [0.1, 0.15) is 12.6 Å². The summed E-state index contributed by atoms with van der Waals surface area (Å²) in [6.45, 7) is 3.89. The van der Waals surface area contributed by atoms with Crippen LogP contribution >= 0.6 is 57.1 Å². The fourth-order valence-corrected chi connectivity index (χ4v) is 6.82. The Morgan fingerprint density at radius 1 is 1.14 bits per heavy atom. The van der Waals surface area contributed by atoms with Crippen molar-refractivity contribution in [1.82, 2.24) is 4.57 Å². The molecule has 42 heavy (non-hydrogen) atoms. The summed E-state index contributed by atoms with van der Waals surface area (Å²) in [5.74, 6) is 0.462. The Balaban J connectivity index is 1.68. The zero-order valence-corrected chi connectivity index (χ0v) is 27.3. The summed E-state index contributed by atoms with van der Waals surface area (Å²) in [6.07, 6.45) is 1.76. The van der Waals surface area contributed by atoms with E-state index in [1.165, 1.54) is 15.9 Å². The predicted molar refractivity (Wildman–Crippen MR) is 173 cm³/mol. The SMILES string of the molecule is CCOC(=O)C1=C(C)N=c2s/c(=C\c3cc(I)cc(OC)c3OCc3cccc(Cl)c3)c(=O)n2[C@@H]1c1ccccc1Cl. The highest BCUT2D eigenvalue weighted by molar-refractivity contribution is 14.1. The zero-order chi connectivity index (χ0) is 30.0. The van der Waals surface area contributed by atoms with Gasteiger partial charge in [0.05, 0.1) is 29.5 Å². The number of ether oxygens (including phenoxy) is 3. The second kappa shape index (κ2) is 13.0. The van der Waals surface area contributed by atoms with Crippen molar-refractivity contribution in [2.75, 3.05) is 13.7 Å². The lowest BCUT2D eigenvalue weighted by Gasteiger charge is -2.25. The van der Waals surface area contributed by atoms with Crippen LogP contribution in [0.2, 0.25) is 10.0 Å². The summed E-state index contributed by atoms with van der Waals surface area (Å²) in [5, 5.41) is 1.03. The Labute approximate surface area is 269 Å². The van der Waals surface area contributed by atoms with Crippen LogP contribution in [0.25, 0.3) is 6.08 Å². The zero-order valence-electron chi connectivity index (χ0n) is 22.8. The molecule has 0 amide bonds. The smallest absolute Gasteiger partial charge is 0.338 e. The number of rotatable bonds is 8. The Morgan fingerprint density at radius 2 is 1.93 bits per heavy atom. The topological polar surface area (TPSA) is 79.1 Å². The molecule has 0 saturated carbocycles. The molecule has 2 heterocycles. The monoisotopic (exact) mass is 734 g/mol. The second-order valence-corrected chi connectivity index (χ2v) is 12.4. The maximum Gasteiger partial charge on any atom is 0.338 e. The first kappa shape index (κ1) is 30.3. The fourth-order valence-electron chi connectivity index (χ4n) is 4.71. The van der Waals surface area contributed by atoms with Crippen LogP contribution in [0.5, 0.6) is 11.5 Å². The first-order chi connectivity index (χ1) is 20.2. The van der Waals surface area contributed by atoms with Gasteiger partial charge in [-0.2, -0.15) is 0 Å². The van der Waals surface area contributed by atoms with Crippen LogP contribution in [0.3, 0.4) is 0 Å². The number of fused-ring (bicyclic) bond motifs is 1. The molecule has 0 saturated heterocycles. The number of methoxy groups -OCH3 is 1. The molecule has 5 rings (SSSR count). The van der Waals surface area contributed by atoms with E-state index in [-0.39, 0.29) is 24.3 Å². The van der Waals surface area contributed by atoms with Crippen molar-refractivity contribution in [2.24, 2.45) is 4.99 Å².